The van der Waals surface area contributed by atoms with Crippen molar-refractivity contribution in [2.45, 2.75) is 26.3 Å². The fraction of sp³-hybridized carbons (Fsp3) is 0.333. The van der Waals surface area contributed by atoms with Crippen LogP contribution in [0.1, 0.15) is 36.1 Å². The molecule has 6 nitrogen and oxygen atoms in total. The van der Waals surface area contributed by atoms with Crippen molar-refractivity contribution < 1.29 is 19.0 Å². The Balaban J connectivity index is 1.96. The quantitative estimate of drug-likeness (QED) is 0.807. The summed E-state index contributed by atoms with van der Waals surface area (Å²) < 4.78 is 16.1. The standard InChI is InChI=1S/C21H24N2O4/c1-13-6-7-15(10-20(13)26-4)17-12-18(23(22-17)14(2)24)16-8-9-19(25-3)21(11-16)27-5/h6-11,18H,12H2,1-5H3. The Morgan fingerprint density at radius 2 is 1.70 bits per heavy atom. The Kier molecular flexibility index (Phi) is 5.35. The molecule has 1 atom stereocenters. The molecule has 3 rings (SSSR count). The number of benzene rings is 2. The molecule has 0 bridgehead atoms. The average molecular weight is 368 g/mol. The van der Waals surface area contributed by atoms with Gasteiger partial charge < -0.3 is 14.2 Å². The van der Waals surface area contributed by atoms with Crippen LogP contribution in [0.15, 0.2) is 41.5 Å². The first kappa shape index (κ1) is 18.8. The highest BCUT2D eigenvalue weighted by Gasteiger charge is 2.32. The number of hydrazone groups is 1. The van der Waals surface area contributed by atoms with Gasteiger partial charge in [-0.1, -0.05) is 18.2 Å². The van der Waals surface area contributed by atoms with Crippen LogP contribution in [0, 0.1) is 6.92 Å². The van der Waals surface area contributed by atoms with Crippen molar-refractivity contribution in [3.63, 3.8) is 0 Å². The van der Waals surface area contributed by atoms with Crippen molar-refractivity contribution in [3.05, 3.63) is 53.1 Å². The van der Waals surface area contributed by atoms with E-state index in [4.69, 9.17) is 14.2 Å². The van der Waals surface area contributed by atoms with Crippen molar-refractivity contribution in [2.24, 2.45) is 5.10 Å². The van der Waals surface area contributed by atoms with Crippen LogP contribution in [0.4, 0.5) is 0 Å². The van der Waals surface area contributed by atoms with Gasteiger partial charge in [-0.05, 0) is 36.2 Å². The molecule has 0 saturated carbocycles. The Labute approximate surface area is 159 Å². The Bertz CT molecular complexity index is 892. The topological polar surface area (TPSA) is 60.4 Å². The van der Waals surface area contributed by atoms with Crippen LogP contribution in [0.2, 0.25) is 0 Å². The van der Waals surface area contributed by atoms with Gasteiger partial charge in [-0.25, -0.2) is 5.01 Å². The first-order valence-electron chi connectivity index (χ1n) is 8.72. The summed E-state index contributed by atoms with van der Waals surface area (Å²) in [5, 5.41) is 6.12. The van der Waals surface area contributed by atoms with E-state index in [0.29, 0.717) is 17.9 Å². The lowest BCUT2D eigenvalue weighted by molar-refractivity contribution is -0.130. The maximum absolute atomic E-state index is 12.2. The van der Waals surface area contributed by atoms with Crippen LogP contribution in [-0.4, -0.2) is 38.0 Å². The van der Waals surface area contributed by atoms with Crippen LogP contribution < -0.4 is 14.2 Å². The summed E-state index contributed by atoms with van der Waals surface area (Å²) in [6.45, 7) is 3.52. The van der Waals surface area contributed by atoms with Gasteiger partial charge in [0.2, 0.25) is 5.91 Å². The summed E-state index contributed by atoms with van der Waals surface area (Å²) in [6, 6.07) is 11.5. The van der Waals surface area contributed by atoms with Gasteiger partial charge in [0.05, 0.1) is 33.1 Å². The molecule has 0 saturated heterocycles. The molecule has 1 aliphatic rings. The molecular formula is C21H24N2O4. The van der Waals surface area contributed by atoms with E-state index in [9.17, 15) is 4.79 Å². The van der Waals surface area contributed by atoms with E-state index in [1.54, 1.807) is 21.3 Å². The van der Waals surface area contributed by atoms with Gasteiger partial charge in [0, 0.05) is 18.9 Å². The first-order chi connectivity index (χ1) is 13.0. The number of methoxy groups -OCH3 is 3. The van der Waals surface area contributed by atoms with Crippen LogP contribution in [0.3, 0.4) is 0 Å². The molecule has 1 unspecified atom stereocenters. The minimum Gasteiger partial charge on any atom is -0.496 e. The van der Waals surface area contributed by atoms with Crippen LogP contribution in [0.5, 0.6) is 17.2 Å². The molecule has 27 heavy (non-hydrogen) atoms. The van der Waals surface area contributed by atoms with Crippen molar-refractivity contribution in [1.29, 1.82) is 0 Å². The van der Waals surface area contributed by atoms with Crippen LogP contribution in [-0.2, 0) is 4.79 Å². The van der Waals surface area contributed by atoms with Crippen molar-refractivity contribution in [1.82, 2.24) is 5.01 Å². The maximum Gasteiger partial charge on any atom is 0.240 e. The fourth-order valence-electron chi connectivity index (χ4n) is 3.29. The number of carbonyl (C=O) groups is 1. The third-order valence-corrected chi connectivity index (χ3v) is 4.77. The molecular weight excluding hydrogens is 344 g/mol. The molecule has 1 heterocycles. The zero-order valence-corrected chi connectivity index (χ0v) is 16.3. The largest absolute Gasteiger partial charge is 0.496 e. The minimum atomic E-state index is -0.190. The Morgan fingerprint density at radius 1 is 1.00 bits per heavy atom. The van der Waals surface area contributed by atoms with Gasteiger partial charge in [-0.2, -0.15) is 5.10 Å². The molecule has 0 fully saturated rings. The zero-order valence-electron chi connectivity index (χ0n) is 16.3. The van der Waals surface area contributed by atoms with Crippen LogP contribution in [0.25, 0.3) is 0 Å². The normalized spacial score (nSPS) is 16.1. The van der Waals surface area contributed by atoms with Gasteiger partial charge in [-0.3, -0.25) is 4.79 Å². The maximum atomic E-state index is 12.2. The van der Waals surface area contributed by atoms with E-state index in [0.717, 1.165) is 28.2 Å². The number of ether oxygens (including phenoxy) is 3. The number of hydrogen-bond acceptors (Lipinski definition) is 5. The van der Waals surface area contributed by atoms with E-state index in [1.807, 2.05) is 43.3 Å². The monoisotopic (exact) mass is 368 g/mol. The third-order valence-electron chi connectivity index (χ3n) is 4.77. The van der Waals surface area contributed by atoms with Crippen molar-refractivity contribution >= 4 is 11.6 Å². The summed E-state index contributed by atoms with van der Waals surface area (Å²) in [5.41, 5.74) is 3.80. The minimum absolute atomic E-state index is 0.108. The van der Waals surface area contributed by atoms with E-state index in [2.05, 4.69) is 5.10 Å². The molecule has 0 N–H and O–H groups in total. The summed E-state index contributed by atoms with van der Waals surface area (Å²) in [4.78, 5) is 12.2. The highest BCUT2D eigenvalue weighted by Crippen LogP contribution is 2.37. The highest BCUT2D eigenvalue weighted by molar-refractivity contribution is 6.03. The number of rotatable bonds is 5. The third kappa shape index (κ3) is 3.60. The van der Waals surface area contributed by atoms with Crippen molar-refractivity contribution in [3.8, 4) is 17.2 Å². The highest BCUT2D eigenvalue weighted by atomic mass is 16.5. The molecule has 1 amide bonds. The van der Waals surface area contributed by atoms with Crippen LogP contribution >= 0.6 is 0 Å². The predicted molar refractivity (Wildman–Crippen MR) is 104 cm³/mol. The molecule has 2 aromatic rings. The average Bonchev–Trinajstić information content (AvgIpc) is 3.13. The molecule has 0 spiro atoms. The Morgan fingerprint density at radius 3 is 2.33 bits per heavy atom. The fourth-order valence-corrected chi connectivity index (χ4v) is 3.29. The first-order valence-corrected chi connectivity index (χ1v) is 8.72. The molecule has 0 radical (unpaired) electrons. The predicted octanol–water partition coefficient (Wildman–Crippen LogP) is 3.72. The van der Waals surface area contributed by atoms with Gasteiger partial charge in [-0.15, -0.1) is 0 Å². The molecule has 142 valence electrons. The van der Waals surface area contributed by atoms with E-state index in [-0.39, 0.29) is 11.9 Å². The lowest BCUT2D eigenvalue weighted by atomic mass is 9.97. The second kappa shape index (κ2) is 7.70. The number of nitrogens with zero attached hydrogens (tertiary/aromatic N) is 2. The number of amides is 1. The summed E-state index contributed by atoms with van der Waals surface area (Å²) in [7, 11) is 4.84. The molecule has 0 aromatic heterocycles. The Hall–Kier alpha value is -3.02. The lowest BCUT2D eigenvalue weighted by Crippen LogP contribution is -2.24. The molecule has 0 aliphatic carbocycles. The van der Waals surface area contributed by atoms with Gasteiger partial charge in [0.15, 0.2) is 11.5 Å². The van der Waals surface area contributed by atoms with Crippen molar-refractivity contribution in [2.75, 3.05) is 21.3 Å². The number of hydrogen-bond donors (Lipinski definition) is 0. The van der Waals surface area contributed by atoms with Gasteiger partial charge in [0.25, 0.3) is 0 Å². The van der Waals surface area contributed by atoms with E-state index in [1.165, 1.54) is 11.9 Å². The smallest absolute Gasteiger partial charge is 0.240 e. The molecule has 6 heteroatoms. The molecule has 1 aliphatic heterocycles. The van der Waals surface area contributed by atoms with E-state index >= 15 is 0 Å². The van der Waals surface area contributed by atoms with E-state index < -0.39 is 0 Å². The SMILES string of the molecule is COc1cc(C2=NN(C(C)=O)C(c3ccc(OC)c(OC)c3)C2)ccc1C. The van der Waals surface area contributed by atoms with Gasteiger partial charge in [0.1, 0.15) is 5.75 Å². The zero-order chi connectivity index (χ0) is 19.6. The lowest BCUT2D eigenvalue weighted by Gasteiger charge is -2.21. The second-order valence-electron chi connectivity index (χ2n) is 6.43. The number of aryl methyl sites for hydroxylation is 1. The molecule has 2 aromatic carbocycles. The van der Waals surface area contributed by atoms with Gasteiger partial charge >= 0.3 is 0 Å². The summed E-state index contributed by atoms with van der Waals surface area (Å²) in [5.74, 6) is 1.98. The summed E-state index contributed by atoms with van der Waals surface area (Å²) in [6.07, 6.45) is 0.612. The summed E-state index contributed by atoms with van der Waals surface area (Å²) >= 11 is 0. The number of carbonyl (C=O) groups excluding carboxylic acids is 1. The second-order valence-corrected chi connectivity index (χ2v) is 6.43.